The summed E-state index contributed by atoms with van der Waals surface area (Å²) in [5.74, 6) is 0.907. The van der Waals surface area contributed by atoms with E-state index < -0.39 is 0 Å². The average Bonchev–Trinajstić information content (AvgIpc) is 3.24. The van der Waals surface area contributed by atoms with Gasteiger partial charge in [0.15, 0.2) is 0 Å². The van der Waals surface area contributed by atoms with Gasteiger partial charge in [0.25, 0.3) is 0 Å². The summed E-state index contributed by atoms with van der Waals surface area (Å²) in [7, 11) is 0. The minimum absolute atomic E-state index is 0.420. The van der Waals surface area contributed by atoms with Crippen LogP contribution in [0.3, 0.4) is 0 Å². The Kier molecular flexibility index (Phi) is 3.19. The first-order valence-corrected chi connectivity index (χ1v) is 8.28. The lowest BCUT2D eigenvalue weighted by molar-refractivity contribution is 0.566. The van der Waals surface area contributed by atoms with Crippen molar-refractivity contribution < 1.29 is 4.42 Å². The summed E-state index contributed by atoms with van der Waals surface area (Å²) in [5, 5.41) is 0. The van der Waals surface area contributed by atoms with Crippen molar-refractivity contribution in [2.24, 2.45) is 5.92 Å². The van der Waals surface area contributed by atoms with Gasteiger partial charge >= 0.3 is 0 Å². The van der Waals surface area contributed by atoms with Crippen LogP contribution in [0, 0.1) is 5.92 Å². The molecule has 0 spiro atoms. The van der Waals surface area contributed by atoms with Gasteiger partial charge in [-0.1, -0.05) is 41.5 Å². The van der Waals surface area contributed by atoms with Crippen molar-refractivity contribution in [3.63, 3.8) is 0 Å². The zero-order valence-electron chi connectivity index (χ0n) is 14.2. The topological polar surface area (TPSA) is 13.1 Å². The Morgan fingerprint density at radius 1 is 0.870 bits per heavy atom. The largest absolute Gasteiger partial charge is 0.472 e. The fourth-order valence-corrected chi connectivity index (χ4v) is 4.26. The van der Waals surface area contributed by atoms with E-state index in [-0.39, 0.29) is 0 Å². The summed E-state index contributed by atoms with van der Waals surface area (Å²) in [6, 6.07) is 10.9. The Morgan fingerprint density at radius 2 is 1.57 bits per heavy atom. The van der Waals surface area contributed by atoms with E-state index in [1.807, 2.05) is 6.26 Å². The summed E-state index contributed by atoms with van der Waals surface area (Å²) in [5.41, 5.74) is 11.2. The van der Waals surface area contributed by atoms with Crippen molar-refractivity contribution in [3.8, 4) is 0 Å². The normalized spacial score (nSPS) is 21.2. The van der Waals surface area contributed by atoms with E-state index in [4.69, 9.17) is 4.42 Å². The molecule has 0 bridgehead atoms. The zero-order chi connectivity index (χ0) is 16.1. The summed E-state index contributed by atoms with van der Waals surface area (Å²) < 4.78 is 5.32. The highest BCUT2D eigenvalue weighted by atomic mass is 16.3. The molecule has 4 rings (SSSR count). The van der Waals surface area contributed by atoms with Crippen LogP contribution in [0.1, 0.15) is 50.3 Å². The van der Waals surface area contributed by atoms with E-state index in [9.17, 15) is 0 Å². The van der Waals surface area contributed by atoms with Crippen LogP contribution in [0.4, 0.5) is 0 Å². The number of hydrogen-bond donors (Lipinski definition) is 0. The third kappa shape index (κ3) is 1.99. The predicted octanol–water partition coefficient (Wildman–Crippen LogP) is 6.11. The lowest BCUT2D eigenvalue weighted by Crippen LogP contribution is -2.11. The molecule has 1 aromatic carbocycles. The molecule has 1 unspecified atom stereocenters. The maximum Gasteiger partial charge on any atom is 0.0981 e. The third-order valence-electron chi connectivity index (χ3n) is 5.83. The van der Waals surface area contributed by atoms with Crippen molar-refractivity contribution in [1.82, 2.24) is 0 Å². The maximum absolute atomic E-state index is 5.32. The highest BCUT2D eigenvalue weighted by Crippen LogP contribution is 2.50. The Labute approximate surface area is 138 Å². The number of rotatable bonds is 2. The van der Waals surface area contributed by atoms with Gasteiger partial charge in [0.1, 0.15) is 0 Å². The van der Waals surface area contributed by atoms with Crippen molar-refractivity contribution in [2.75, 3.05) is 0 Å². The second-order valence-electron chi connectivity index (χ2n) is 6.80. The zero-order valence-corrected chi connectivity index (χ0v) is 14.2. The molecule has 0 radical (unpaired) electrons. The molecule has 116 valence electrons. The van der Waals surface area contributed by atoms with Crippen molar-refractivity contribution in [3.05, 3.63) is 87.9 Å². The molecular weight excluding hydrogens is 280 g/mol. The molecule has 23 heavy (non-hydrogen) atoms. The quantitative estimate of drug-likeness (QED) is 0.652. The van der Waals surface area contributed by atoms with Crippen LogP contribution >= 0.6 is 0 Å². The number of benzene rings is 1. The first-order valence-electron chi connectivity index (χ1n) is 8.28. The summed E-state index contributed by atoms with van der Waals surface area (Å²) in [4.78, 5) is 0. The number of hydrogen-bond acceptors (Lipinski definition) is 1. The van der Waals surface area contributed by atoms with E-state index in [2.05, 4.69) is 64.1 Å². The minimum Gasteiger partial charge on any atom is -0.472 e. The van der Waals surface area contributed by atoms with Crippen LogP contribution in [0.5, 0.6) is 0 Å². The first kappa shape index (κ1) is 14.3. The molecule has 2 aliphatic carbocycles. The number of furan rings is 1. The molecule has 1 atom stereocenters. The maximum atomic E-state index is 5.32. The van der Waals surface area contributed by atoms with Gasteiger partial charge in [0.2, 0.25) is 0 Å². The van der Waals surface area contributed by atoms with Crippen LogP contribution in [-0.2, 0) is 0 Å². The molecular formula is C22H22O. The SMILES string of the molecule is CC1=C(C)C(C2C=C(c3ccoc3)c3ccccc32)C(C)=C1C. The highest BCUT2D eigenvalue weighted by molar-refractivity contribution is 5.86. The fourth-order valence-electron chi connectivity index (χ4n) is 4.26. The Hall–Kier alpha value is -2.28. The van der Waals surface area contributed by atoms with Crippen LogP contribution < -0.4 is 0 Å². The van der Waals surface area contributed by atoms with E-state index in [0.29, 0.717) is 11.8 Å². The van der Waals surface area contributed by atoms with Gasteiger partial charge in [-0.2, -0.15) is 0 Å². The Bertz CT molecular complexity index is 835. The van der Waals surface area contributed by atoms with Crippen molar-refractivity contribution in [1.29, 1.82) is 0 Å². The average molecular weight is 302 g/mol. The standard InChI is InChI=1S/C22H22O/c1-13-14(2)16(4)22(15(13)3)21-11-20(17-9-10-23-12-17)18-7-5-6-8-19(18)21/h5-12,21-22H,1-4H3. The fraction of sp³-hybridized carbons (Fsp3) is 0.273. The van der Waals surface area contributed by atoms with E-state index in [0.717, 1.165) is 0 Å². The molecule has 2 aromatic rings. The molecule has 1 heteroatoms. The van der Waals surface area contributed by atoms with E-state index >= 15 is 0 Å². The second kappa shape index (κ2) is 5.13. The number of allylic oxidation sites excluding steroid dienone is 5. The van der Waals surface area contributed by atoms with Gasteiger partial charge in [-0.3, -0.25) is 0 Å². The smallest absolute Gasteiger partial charge is 0.0981 e. The molecule has 0 fully saturated rings. The third-order valence-corrected chi connectivity index (χ3v) is 5.83. The predicted molar refractivity (Wildman–Crippen MR) is 95.2 cm³/mol. The summed E-state index contributed by atoms with van der Waals surface area (Å²) >= 11 is 0. The van der Waals surface area contributed by atoms with Gasteiger partial charge in [-0.05, 0) is 61.6 Å². The van der Waals surface area contributed by atoms with Crippen molar-refractivity contribution in [2.45, 2.75) is 33.6 Å². The Balaban J connectivity index is 1.88. The van der Waals surface area contributed by atoms with Crippen LogP contribution in [0.2, 0.25) is 0 Å². The monoisotopic (exact) mass is 302 g/mol. The van der Waals surface area contributed by atoms with Gasteiger partial charge in [-0.25, -0.2) is 0 Å². The lowest BCUT2D eigenvalue weighted by Gasteiger charge is -2.23. The second-order valence-corrected chi connectivity index (χ2v) is 6.80. The molecule has 1 heterocycles. The molecule has 1 nitrogen and oxygen atoms in total. The van der Waals surface area contributed by atoms with Crippen LogP contribution in [0.15, 0.2) is 75.6 Å². The summed E-state index contributed by atoms with van der Waals surface area (Å²) in [6.45, 7) is 9.12. The van der Waals surface area contributed by atoms with Gasteiger partial charge in [0.05, 0.1) is 12.5 Å². The highest BCUT2D eigenvalue weighted by Gasteiger charge is 2.36. The number of fused-ring (bicyclic) bond motifs is 1. The molecule has 0 aliphatic heterocycles. The Morgan fingerprint density at radius 3 is 2.22 bits per heavy atom. The summed E-state index contributed by atoms with van der Waals surface area (Å²) in [6.07, 6.45) is 6.05. The minimum atomic E-state index is 0.420. The van der Waals surface area contributed by atoms with E-state index in [1.54, 1.807) is 6.26 Å². The molecule has 2 aliphatic rings. The molecule has 0 N–H and O–H groups in total. The van der Waals surface area contributed by atoms with Crippen molar-refractivity contribution >= 4 is 5.57 Å². The van der Waals surface area contributed by atoms with Crippen LogP contribution in [0.25, 0.3) is 5.57 Å². The molecule has 0 amide bonds. The van der Waals surface area contributed by atoms with E-state index in [1.165, 1.54) is 44.6 Å². The molecule has 1 aromatic heterocycles. The molecule has 0 saturated heterocycles. The lowest BCUT2D eigenvalue weighted by atomic mass is 9.81. The molecule has 0 saturated carbocycles. The van der Waals surface area contributed by atoms with Gasteiger partial charge in [0, 0.05) is 17.4 Å². The first-order chi connectivity index (χ1) is 11.1. The van der Waals surface area contributed by atoms with Gasteiger partial charge < -0.3 is 4.42 Å². The van der Waals surface area contributed by atoms with Crippen LogP contribution in [-0.4, -0.2) is 0 Å². The van der Waals surface area contributed by atoms with Gasteiger partial charge in [-0.15, -0.1) is 0 Å².